The van der Waals surface area contributed by atoms with Gasteiger partial charge in [0.25, 0.3) is 17.7 Å². The summed E-state index contributed by atoms with van der Waals surface area (Å²) in [4.78, 5) is 71.2. The van der Waals surface area contributed by atoms with Gasteiger partial charge in [0.1, 0.15) is 23.9 Å². The van der Waals surface area contributed by atoms with Crippen molar-refractivity contribution in [3.05, 3.63) is 82.9 Å². The maximum atomic E-state index is 13.6. The lowest BCUT2D eigenvalue weighted by molar-refractivity contribution is -0.138. The number of nitrogens with one attached hydrogen (secondary N) is 1. The second-order valence-corrected chi connectivity index (χ2v) is 14.1. The molecular formula is C40H37F3N6O9S. The Bertz CT molecular complexity index is 2240. The Kier molecular flexibility index (Phi) is 12.9. The lowest BCUT2D eigenvalue weighted by Crippen LogP contribution is -2.54. The molecule has 3 aliphatic heterocycles. The largest absolute Gasteiger partial charge is 0.491 e. The Hall–Kier alpha value is -6.07. The Morgan fingerprint density at radius 2 is 1.58 bits per heavy atom. The van der Waals surface area contributed by atoms with Crippen LogP contribution in [0.25, 0.3) is 0 Å². The van der Waals surface area contributed by atoms with Crippen LogP contribution in [-0.2, 0) is 34.8 Å². The highest BCUT2D eigenvalue weighted by molar-refractivity contribution is 7.81. The summed E-state index contributed by atoms with van der Waals surface area (Å²) in [6, 6.07) is 14.8. The van der Waals surface area contributed by atoms with E-state index in [2.05, 4.69) is 10.3 Å². The summed E-state index contributed by atoms with van der Waals surface area (Å²) in [6.45, 7) is 4.92. The van der Waals surface area contributed by atoms with E-state index in [9.17, 15) is 37.1 Å². The first-order chi connectivity index (χ1) is 28.1. The number of rotatable bonds is 16. The van der Waals surface area contributed by atoms with Gasteiger partial charge >= 0.3 is 6.18 Å². The van der Waals surface area contributed by atoms with Crippen molar-refractivity contribution in [1.29, 1.82) is 5.26 Å². The fourth-order valence-corrected chi connectivity index (χ4v) is 7.21. The minimum atomic E-state index is -4.80. The van der Waals surface area contributed by atoms with Gasteiger partial charge in [0.15, 0.2) is 5.11 Å². The summed E-state index contributed by atoms with van der Waals surface area (Å²) >= 11 is 5.58. The summed E-state index contributed by atoms with van der Waals surface area (Å²) in [5, 5.41) is 11.3. The molecule has 15 nitrogen and oxygen atoms in total. The molecule has 2 saturated heterocycles. The molecule has 0 aromatic heterocycles. The van der Waals surface area contributed by atoms with Crippen LogP contribution in [0.15, 0.2) is 65.7 Å². The maximum Gasteiger partial charge on any atom is 0.417 e. The van der Waals surface area contributed by atoms with E-state index in [-0.39, 0.29) is 73.5 Å². The minimum absolute atomic E-state index is 0.0189. The second-order valence-electron chi connectivity index (χ2n) is 13.8. The van der Waals surface area contributed by atoms with Crippen molar-refractivity contribution in [1.82, 2.24) is 10.2 Å². The third-order valence-corrected chi connectivity index (χ3v) is 9.92. The predicted octanol–water partition coefficient (Wildman–Crippen LogP) is 4.73. The molecule has 0 unspecified atom stereocenters. The van der Waals surface area contributed by atoms with Crippen LogP contribution in [0, 0.1) is 11.3 Å². The van der Waals surface area contributed by atoms with Crippen LogP contribution in [0.4, 0.5) is 30.2 Å². The van der Waals surface area contributed by atoms with Gasteiger partial charge in [0, 0.05) is 18.3 Å². The molecular weight excluding hydrogens is 798 g/mol. The zero-order valence-corrected chi connectivity index (χ0v) is 32.6. The van der Waals surface area contributed by atoms with E-state index in [1.807, 2.05) is 0 Å². The summed E-state index contributed by atoms with van der Waals surface area (Å²) in [6.07, 6.45) is -3.27. The highest BCUT2D eigenvalue weighted by atomic mass is 32.1. The standard InChI is InChI=1S/C40H37F3N6O9S/c1-39(2)37(54)47(26-7-6-24(23-44)29(22-26)40(41,42)43)38(59)49(39)25-8-10-27(11-9-25)58-21-20-57-19-18-56-17-16-55-15-14-45-30-5-3-4-28-33(30)36(53)48(35(28)52)31-12-13-32(50)46-34(31)51/h3-11,14,22,31H,12-13,15-21H2,1-2H3,(H,46,50,51)/t31-/m0/s1. The van der Waals surface area contributed by atoms with Gasteiger partial charge in [-0.1, -0.05) is 6.07 Å². The van der Waals surface area contributed by atoms with Gasteiger partial charge in [-0.25, -0.2) is 0 Å². The van der Waals surface area contributed by atoms with Crippen molar-refractivity contribution in [2.24, 2.45) is 4.99 Å². The molecule has 3 aliphatic rings. The first-order valence-electron chi connectivity index (χ1n) is 18.3. The summed E-state index contributed by atoms with van der Waals surface area (Å²) < 4.78 is 63.3. The lowest BCUT2D eigenvalue weighted by atomic mass is 10.0. The average Bonchev–Trinajstić information content (AvgIpc) is 3.55. The van der Waals surface area contributed by atoms with E-state index in [1.165, 1.54) is 24.4 Å². The lowest BCUT2D eigenvalue weighted by Gasteiger charge is -2.29. The van der Waals surface area contributed by atoms with Crippen molar-refractivity contribution >= 4 is 70.1 Å². The Morgan fingerprint density at radius 1 is 0.915 bits per heavy atom. The SMILES string of the molecule is CC1(C)C(=O)N(c2ccc(C#N)c(C(F)(F)F)c2)C(=S)N1c1ccc(OCCOCCOCCOCC=Nc2cccc3c2C(=O)N([C@H]2CCC(=O)NC2=O)C3=O)cc1. The molecule has 1 N–H and O–H groups in total. The number of nitriles is 1. The van der Waals surface area contributed by atoms with E-state index < -0.39 is 58.4 Å². The Balaban J connectivity index is 0.875. The van der Waals surface area contributed by atoms with Gasteiger partial charge in [-0.05, 0) is 87.1 Å². The van der Waals surface area contributed by atoms with Crippen LogP contribution in [0.2, 0.25) is 0 Å². The predicted molar refractivity (Wildman–Crippen MR) is 208 cm³/mol. The van der Waals surface area contributed by atoms with Crippen molar-refractivity contribution in [2.75, 3.05) is 56.0 Å². The third kappa shape index (κ3) is 9.00. The number of anilines is 2. The van der Waals surface area contributed by atoms with Gasteiger partial charge in [-0.15, -0.1) is 0 Å². The smallest absolute Gasteiger partial charge is 0.417 e. The topological polar surface area (TPSA) is 180 Å². The first kappa shape index (κ1) is 42.5. The molecule has 59 heavy (non-hydrogen) atoms. The first-order valence-corrected chi connectivity index (χ1v) is 18.7. The van der Waals surface area contributed by atoms with Gasteiger partial charge in [0.05, 0.1) is 79.3 Å². The zero-order chi connectivity index (χ0) is 42.5. The van der Waals surface area contributed by atoms with E-state index in [1.54, 1.807) is 55.1 Å². The molecule has 1 atom stereocenters. The summed E-state index contributed by atoms with van der Waals surface area (Å²) in [7, 11) is 0. The highest BCUT2D eigenvalue weighted by Crippen LogP contribution is 2.40. The average molecular weight is 835 g/mol. The Labute approximate surface area is 341 Å². The molecule has 0 bridgehead atoms. The van der Waals surface area contributed by atoms with Crippen LogP contribution >= 0.6 is 12.2 Å². The van der Waals surface area contributed by atoms with E-state index >= 15 is 0 Å². The molecule has 5 amide bonds. The molecule has 2 fully saturated rings. The molecule has 3 aromatic rings. The van der Waals surface area contributed by atoms with E-state index in [0.717, 1.165) is 21.9 Å². The highest BCUT2D eigenvalue weighted by Gasteiger charge is 2.51. The van der Waals surface area contributed by atoms with Crippen LogP contribution in [0.5, 0.6) is 5.75 Å². The molecule has 308 valence electrons. The molecule has 6 rings (SSSR count). The monoisotopic (exact) mass is 834 g/mol. The summed E-state index contributed by atoms with van der Waals surface area (Å²) in [5.41, 5.74) is -2.06. The van der Waals surface area contributed by atoms with E-state index in [4.69, 9.17) is 36.4 Å². The number of thiocarbonyl (C=S) groups is 1. The number of amides is 5. The fraction of sp³-hybridized carbons (Fsp3) is 0.350. The van der Waals surface area contributed by atoms with Crippen LogP contribution in [0.3, 0.4) is 0 Å². The number of ether oxygens (including phenoxy) is 4. The number of imide groups is 2. The van der Waals surface area contributed by atoms with Crippen LogP contribution in [0.1, 0.15) is 58.5 Å². The van der Waals surface area contributed by atoms with Crippen molar-refractivity contribution in [3.63, 3.8) is 0 Å². The Morgan fingerprint density at radius 3 is 2.24 bits per heavy atom. The van der Waals surface area contributed by atoms with Gasteiger partial charge in [-0.3, -0.25) is 44.1 Å². The third-order valence-electron chi connectivity index (χ3n) is 9.56. The zero-order valence-electron chi connectivity index (χ0n) is 31.7. The van der Waals surface area contributed by atoms with Gasteiger partial charge in [-0.2, -0.15) is 18.4 Å². The van der Waals surface area contributed by atoms with E-state index in [0.29, 0.717) is 24.7 Å². The number of fused-ring (bicyclic) bond motifs is 1. The minimum Gasteiger partial charge on any atom is -0.491 e. The van der Waals surface area contributed by atoms with Crippen molar-refractivity contribution < 1.29 is 56.1 Å². The number of hydrogen-bond acceptors (Lipinski definition) is 12. The van der Waals surface area contributed by atoms with Gasteiger partial charge < -0.3 is 23.8 Å². The molecule has 0 aliphatic carbocycles. The molecule has 0 spiro atoms. The molecule has 19 heteroatoms. The quantitative estimate of drug-likeness (QED) is 0.0910. The number of nitrogens with zero attached hydrogens (tertiary/aromatic N) is 5. The molecule has 0 saturated carbocycles. The number of aliphatic imine (C=N–C) groups is 1. The van der Waals surface area contributed by atoms with Gasteiger partial charge in [0.2, 0.25) is 11.8 Å². The normalized spacial score (nSPS) is 17.9. The number of halogens is 3. The molecule has 3 heterocycles. The van der Waals surface area contributed by atoms with Crippen LogP contribution in [-0.4, -0.2) is 104 Å². The van der Waals surface area contributed by atoms with Crippen molar-refractivity contribution in [3.8, 4) is 11.8 Å². The fourth-order valence-electron chi connectivity index (χ4n) is 6.69. The second kappa shape index (κ2) is 17.8. The maximum absolute atomic E-state index is 13.6. The van der Waals surface area contributed by atoms with Crippen molar-refractivity contribution in [2.45, 2.75) is 44.4 Å². The number of carbonyl (C=O) groups is 5. The van der Waals surface area contributed by atoms with Crippen LogP contribution < -0.4 is 19.9 Å². The molecule has 3 aromatic carbocycles. The molecule has 0 radical (unpaired) electrons. The number of carbonyl (C=O) groups excluding carboxylic acids is 5. The summed E-state index contributed by atoms with van der Waals surface area (Å²) in [5.74, 6) is -2.43. The number of alkyl halides is 3. The number of benzene rings is 3. The number of hydrogen-bond donors (Lipinski definition) is 1. The number of piperidine rings is 1.